The summed E-state index contributed by atoms with van der Waals surface area (Å²) in [4.78, 5) is 17.9. The lowest BCUT2D eigenvalue weighted by Crippen LogP contribution is -2.49. The van der Waals surface area contributed by atoms with Crippen LogP contribution < -0.4 is 10.6 Å². The van der Waals surface area contributed by atoms with Crippen molar-refractivity contribution in [3.63, 3.8) is 0 Å². The molecule has 5 nitrogen and oxygen atoms in total. The van der Waals surface area contributed by atoms with Crippen LogP contribution in [0.4, 0.5) is 0 Å². The molecule has 7 heteroatoms. The minimum Gasteiger partial charge on any atom is -0.356 e. The molecule has 1 fully saturated rings. The average molecular weight is 490 g/mol. The molecule has 2 N–H and O–H groups in total. The van der Waals surface area contributed by atoms with Crippen LogP contribution in [-0.4, -0.2) is 62.5 Å². The van der Waals surface area contributed by atoms with Crippen LogP contribution in [0.1, 0.15) is 24.8 Å². The number of benzene rings is 1. The highest BCUT2D eigenvalue weighted by Gasteiger charge is 2.38. The maximum atomic E-state index is 11.8. The van der Waals surface area contributed by atoms with Crippen molar-refractivity contribution in [2.24, 2.45) is 4.99 Å². The minimum absolute atomic E-state index is 0. The van der Waals surface area contributed by atoms with Crippen molar-refractivity contribution in [2.45, 2.75) is 24.7 Å². The van der Waals surface area contributed by atoms with E-state index in [1.165, 1.54) is 24.8 Å². The van der Waals surface area contributed by atoms with E-state index >= 15 is 0 Å². The molecule has 0 radical (unpaired) electrons. The van der Waals surface area contributed by atoms with Crippen molar-refractivity contribution in [1.82, 2.24) is 15.5 Å². The number of nitrogens with zero attached hydrogens (tertiary/aromatic N) is 2. The van der Waals surface area contributed by atoms with Gasteiger partial charge in [-0.2, -0.15) is 11.8 Å². The monoisotopic (exact) mass is 490 g/mol. The van der Waals surface area contributed by atoms with E-state index in [0.29, 0.717) is 0 Å². The Morgan fingerprint density at radius 3 is 2.46 bits per heavy atom. The van der Waals surface area contributed by atoms with Gasteiger partial charge >= 0.3 is 0 Å². The fourth-order valence-corrected chi connectivity index (χ4v) is 3.26. The van der Waals surface area contributed by atoms with Crippen LogP contribution in [0.25, 0.3) is 0 Å². The number of hydrogen-bond acceptors (Lipinski definition) is 3. The van der Waals surface area contributed by atoms with Crippen molar-refractivity contribution in [3.05, 3.63) is 35.9 Å². The molecule has 0 unspecified atom stereocenters. The molecule has 0 aromatic heterocycles. The van der Waals surface area contributed by atoms with E-state index in [1.807, 2.05) is 0 Å². The van der Waals surface area contributed by atoms with Gasteiger partial charge in [0.15, 0.2) is 5.96 Å². The van der Waals surface area contributed by atoms with Gasteiger partial charge in [0.25, 0.3) is 0 Å². The lowest BCUT2D eigenvalue weighted by molar-refractivity contribution is -0.127. The number of amides is 1. The molecule has 146 valence electrons. The molecule has 0 spiro atoms. The Labute approximate surface area is 178 Å². The molecule has 0 aliphatic heterocycles. The van der Waals surface area contributed by atoms with Gasteiger partial charge in [-0.15, -0.1) is 24.0 Å². The minimum atomic E-state index is 0. The topological polar surface area (TPSA) is 56.7 Å². The van der Waals surface area contributed by atoms with E-state index < -0.39 is 0 Å². The average Bonchev–Trinajstić information content (AvgIpc) is 2.58. The Morgan fingerprint density at radius 2 is 1.92 bits per heavy atom. The van der Waals surface area contributed by atoms with Crippen molar-refractivity contribution < 1.29 is 4.79 Å². The molecule has 0 saturated heterocycles. The molecular formula is C19H31IN4OS. The zero-order valence-corrected chi connectivity index (χ0v) is 19.1. The fourth-order valence-electron chi connectivity index (χ4n) is 2.95. The zero-order valence-electron chi connectivity index (χ0n) is 16.0. The number of thioether (sulfide) groups is 1. The number of nitrogens with one attached hydrogen (secondary N) is 2. The Bertz CT molecular complexity index is 576. The molecule has 0 heterocycles. The number of guanidine groups is 1. The third-order valence-electron chi connectivity index (χ3n) is 4.76. The summed E-state index contributed by atoms with van der Waals surface area (Å²) < 4.78 is 0. The van der Waals surface area contributed by atoms with Crippen molar-refractivity contribution >= 4 is 47.6 Å². The van der Waals surface area contributed by atoms with Crippen LogP contribution in [0.15, 0.2) is 35.3 Å². The van der Waals surface area contributed by atoms with Gasteiger partial charge < -0.3 is 15.5 Å². The highest BCUT2D eigenvalue weighted by molar-refractivity contribution is 14.0. The molecule has 2 rings (SSSR count). The molecule has 1 saturated carbocycles. The van der Waals surface area contributed by atoms with Gasteiger partial charge in [-0.1, -0.05) is 36.8 Å². The number of hydrogen-bond donors (Lipinski definition) is 2. The molecule has 1 aromatic carbocycles. The number of carbonyl (C=O) groups is 1. The first-order valence-electron chi connectivity index (χ1n) is 8.84. The van der Waals surface area contributed by atoms with Crippen LogP contribution in [0.3, 0.4) is 0 Å². The molecule has 0 atom stereocenters. The maximum Gasteiger partial charge on any atom is 0.243 e. The first-order chi connectivity index (χ1) is 12.1. The molecule has 1 aliphatic rings. The summed E-state index contributed by atoms with van der Waals surface area (Å²) in [6, 6.07) is 10.7. The second kappa shape index (κ2) is 11.7. The standard InChI is InChI=1S/C19H30N4OS.HI/c1-23(2)17(24)14-21-18(20-12-13-25-3)22-15-19(10-7-11-19)16-8-5-4-6-9-16;/h4-6,8-9H,7,10-15H2,1-3H3,(H2,20,21,22);1H. The summed E-state index contributed by atoms with van der Waals surface area (Å²) in [7, 11) is 3.51. The predicted octanol–water partition coefficient (Wildman–Crippen LogP) is 2.71. The molecule has 0 bridgehead atoms. The van der Waals surface area contributed by atoms with E-state index in [4.69, 9.17) is 0 Å². The van der Waals surface area contributed by atoms with Gasteiger partial charge in [-0.25, -0.2) is 4.99 Å². The third kappa shape index (κ3) is 6.64. The van der Waals surface area contributed by atoms with E-state index in [1.54, 1.807) is 30.8 Å². The van der Waals surface area contributed by atoms with E-state index in [-0.39, 0.29) is 41.8 Å². The lowest BCUT2D eigenvalue weighted by Gasteiger charge is -2.43. The van der Waals surface area contributed by atoms with E-state index in [0.717, 1.165) is 24.8 Å². The second-order valence-corrected chi connectivity index (χ2v) is 7.71. The van der Waals surface area contributed by atoms with Crippen LogP contribution in [0, 0.1) is 0 Å². The predicted molar refractivity (Wildman–Crippen MR) is 123 cm³/mol. The largest absolute Gasteiger partial charge is 0.356 e. The first kappa shape index (κ1) is 23.1. The molecule has 26 heavy (non-hydrogen) atoms. The van der Waals surface area contributed by atoms with Crippen LogP contribution in [0.5, 0.6) is 0 Å². The number of halogens is 1. The first-order valence-corrected chi connectivity index (χ1v) is 10.2. The molecular weight excluding hydrogens is 459 g/mol. The van der Waals surface area contributed by atoms with Gasteiger partial charge in [0, 0.05) is 38.4 Å². The Balaban J connectivity index is 0.00000338. The van der Waals surface area contributed by atoms with E-state index in [2.05, 4.69) is 52.2 Å². The van der Waals surface area contributed by atoms with Crippen LogP contribution in [0.2, 0.25) is 0 Å². The fraction of sp³-hybridized carbons (Fsp3) is 0.579. The maximum absolute atomic E-state index is 11.8. The van der Waals surface area contributed by atoms with Gasteiger partial charge in [-0.05, 0) is 24.7 Å². The number of rotatable bonds is 8. The SMILES string of the molecule is CSCCNC(=NCC(=O)N(C)C)NCC1(c2ccccc2)CCC1.I. The summed E-state index contributed by atoms with van der Waals surface area (Å²) in [6.07, 6.45) is 5.74. The Morgan fingerprint density at radius 1 is 1.23 bits per heavy atom. The summed E-state index contributed by atoms with van der Waals surface area (Å²) in [5.74, 6) is 1.74. The van der Waals surface area contributed by atoms with Crippen LogP contribution >= 0.6 is 35.7 Å². The number of likely N-dealkylation sites (N-methyl/N-ethyl adjacent to an activating group) is 1. The quantitative estimate of drug-likeness (QED) is 0.255. The third-order valence-corrected chi connectivity index (χ3v) is 5.37. The molecule has 1 aromatic rings. The van der Waals surface area contributed by atoms with Gasteiger partial charge in [0.05, 0.1) is 0 Å². The van der Waals surface area contributed by atoms with Crippen LogP contribution in [-0.2, 0) is 10.2 Å². The Kier molecular flexibility index (Phi) is 10.4. The van der Waals surface area contributed by atoms with Gasteiger partial charge in [0.2, 0.25) is 5.91 Å². The number of aliphatic imine (C=N–C) groups is 1. The van der Waals surface area contributed by atoms with Crippen molar-refractivity contribution in [1.29, 1.82) is 0 Å². The summed E-state index contributed by atoms with van der Waals surface area (Å²) in [5.41, 5.74) is 1.58. The summed E-state index contributed by atoms with van der Waals surface area (Å²) in [5, 5.41) is 6.81. The summed E-state index contributed by atoms with van der Waals surface area (Å²) in [6.45, 7) is 1.85. The highest BCUT2D eigenvalue weighted by atomic mass is 127. The second-order valence-electron chi connectivity index (χ2n) is 6.73. The smallest absolute Gasteiger partial charge is 0.243 e. The Hall–Kier alpha value is -0.960. The zero-order chi connectivity index (χ0) is 18.1. The van der Waals surface area contributed by atoms with Crippen molar-refractivity contribution in [2.75, 3.05) is 45.7 Å². The lowest BCUT2D eigenvalue weighted by atomic mass is 9.64. The highest BCUT2D eigenvalue weighted by Crippen LogP contribution is 2.43. The van der Waals surface area contributed by atoms with Gasteiger partial charge in [-0.3, -0.25) is 4.79 Å². The normalized spacial score (nSPS) is 15.4. The summed E-state index contributed by atoms with van der Waals surface area (Å²) >= 11 is 1.79. The van der Waals surface area contributed by atoms with E-state index in [9.17, 15) is 4.79 Å². The molecule has 1 amide bonds. The number of carbonyl (C=O) groups excluding carboxylic acids is 1. The van der Waals surface area contributed by atoms with Gasteiger partial charge in [0.1, 0.15) is 6.54 Å². The van der Waals surface area contributed by atoms with Crippen molar-refractivity contribution in [3.8, 4) is 0 Å². The molecule has 1 aliphatic carbocycles.